The number of hydrogen-bond donors (Lipinski definition) is 1. The van der Waals surface area contributed by atoms with Crippen molar-refractivity contribution in [2.75, 3.05) is 24.5 Å². The maximum Gasteiger partial charge on any atom is 0.303 e. The molecular weight excluding hydrogens is 460 g/mol. The molecule has 0 spiro atoms. The van der Waals surface area contributed by atoms with Crippen LogP contribution in [0.3, 0.4) is 0 Å². The van der Waals surface area contributed by atoms with Crippen molar-refractivity contribution in [1.82, 2.24) is 9.47 Å². The number of carbonyl (C=O) groups excluding carboxylic acids is 1. The Morgan fingerprint density at radius 1 is 1.21 bits per heavy atom. The van der Waals surface area contributed by atoms with Gasteiger partial charge in [0.05, 0.1) is 4.91 Å². The molecule has 8 nitrogen and oxygen atoms in total. The molecule has 0 radical (unpaired) electrons. The Hall–Kier alpha value is -2.64. The van der Waals surface area contributed by atoms with E-state index < -0.39 is 5.97 Å². The average molecular weight is 489 g/mol. The van der Waals surface area contributed by atoms with Crippen molar-refractivity contribution in [3.63, 3.8) is 0 Å². The van der Waals surface area contributed by atoms with Crippen LogP contribution in [0, 0.1) is 18.3 Å². The number of thiocarbonyl (C=S) groups is 1. The fourth-order valence-electron chi connectivity index (χ4n) is 4.25. The third kappa shape index (κ3) is 5.47. The lowest BCUT2D eigenvalue weighted by Gasteiger charge is -2.32. The van der Waals surface area contributed by atoms with Crippen LogP contribution in [-0.4, -0.2) is 50.4 Å². The van der Waals surface area contributed by atoms with Gasteiger partial charge in [-0.15, -0.1) is 0 Å². The summed E-state index contributed by atoms with van der Waals surface area (Å²) in [6.45, 7) is 3.83. The molecule has 1 aromatic heterocycles. The van der Waals surface area contributed by atoms with Crippen LogP contribution in [0.15, 0.2) is 9.70 Å². The third-order valence-corrected chi connectivity index (χ3v) is 7.42. The van der Waals surface area contributed by atoms with Gasteiger partial charge in [-0.3, -0.25) is 23.9 Å². The summed E-state index contributed by atoms with van der Waals surface area (Å²) >= 11 is 6.65. The summed E-state index contributed by atoms with van der Waals surface area (Å²) in [6.07, 6.45) is 7.01. The van der Waals surface area contributed by atoms with Crippen molar-refractivity contribution in [3.05, 3.63) is 31.9 Å². The molecule has 2 aliphatic heterocycles. The fraction of sp³-hybridized carbons (Fsp3) is 0.522. The summed E-state index contributed by atoms with van der Waals surface area (Å²) in [5.74, 6) is -0.285. The molecule has 2 saturated heterocycles. The number of aliphatic carboxylic acids is 1. The molecule has 0 saturated carbocycles. The van der Waals surface area contributed by atoms with E-state index in [0.717, 1.165) is 38.2 Å². The molecule has 3 rings (SSSR count). The topological polar surface area (TPSA) is 107 Å². The number of pyridine rings is 1. The SMILES string of the molecule is Cc1c(/C=C2/SC(=S)N(CCCCCC(=O)O)C2=O)c(N2CCCCC2)n(C)c(=O)c1C#N. The number of rotatable bonds is 8. The molecule has 2 fully saturated rings. The highest BCUT2D eigenvalue weighted by Crippen LogP contribution is 2.36. The van der Waals surface area contributed by atoms with E-state index >= 15 is 0 Å². The Morgan fingerprint density at radius 3 is 2.55 bits per heavy atom. The number of aromatic nitrogens is 1. The summed E-state index contributed by atoms with van der Waals surface area (Å²) in [6, 6.07) is 2.03. The second kappa shape index (κ2) is 11.0. The van der Waals surface area contributed by atoms with Gasteiger partial charge in [-0.25, -0.2) is 0 Å². The number of carboxylic acids is 1. The first-order chi connectivity index (χ1) is 15.8. The lowest BCUT2D eigenvalue weighted by Crippen LogP contribution is -2.36. The minimum Gasteiger partial charge on any atom is -0.481 e. The van der Waals surface area contributed by atoms with Crippen LogP contribution in [0.5, 0.6) is 0 Å². The number of thioether (sulfide) groups is 1. The quantitative estimate of drug-likeness (QED) is 0.337. The largest absolute Gasteiger partial charge is 0.481 e. The van der Waals surface area contributed by atoms with Gasteiger partial charge in [0.2, 0.25) is 0 Å². The second-order valence-electron chi connectivity index (χ2n) is 8.30. The van der Waals surface area contributed by atoms with Crippen molar-refractivity contribution in [2.24, 2.45) is 7.05 Å². The molecule has 1 amide bonds. The van der Waals surface area contributed by atoms with Gasteiger partial charge in [-0.1, -0.05) is 30.4 Å². The lowest BCUT2D eigenvalue weighted by atomic mass is 10.0. The van der Waals surface area contributed by atoms with E-state index in [1.54, 1.807) is 24.9 Å². The Morgan fingerprint density at radius 2 is 1.91 bits per heavy atom. The van der Waals surface area contributed by atoms with E-state index in [9.17, 15) is 19.6 Å². The van der Waals surface area contributed by atoms with Crippen LogP contribution in [0.25, 0.3) is 6.08 Å². The number of nitrogens with zero attached hydrogens (tertiary/aromatic N) is 4. The van der Waals surface area contributed by atoms with Crippen molar-refractivity contribution in [3.8, 4) is 6.07 Å². The summed E-state index contributed by atoms with van der Waals surface area (Å²) < 4.78 is 1.98. The van der Waals surface area contributed by atoms with E-state index in [-0.39, 0.29) is 23.5 Å². The summed E-state index contributed by atoms with van der Waals surface area (Å²) in [7, 11) is 1.67. The fourth-order valence-corrected chi connectivity index (χ4v) is 5.54. The minimum atomic E-state index is -0.822. The molecule has 0 unspecified atom stereocenters. The molecule has 3 heterocycles. The van der Waals surface area contributed by atoms with Crippen LogP contribution < -0.4 is 10.5 Å². The lowest BCUT2D eigenvalue weighted by molar-refractivity contribution is -0.137. The first-order valence-electron chi connectivity index (χ1n) is 11.1. The van der Waals surface area contributed by atoms with Crippen molar-refractivity contribution in [1.29, 1.82) is 5.26 Å². The molecule has 33 heavy (non-hydrogen) atoms. The third-order valence-electron chi connectivity index (χ3n) is 6.04. The number of unbranched alkanes of at least 4 members (excludes halogenated alkanes) is 2. The Bertz CT molecular complexity index is 1100. The number of carboxylic acid groups (broad SMARTS) is 1. The van der Waals surface area contributed by atoms with Gasteiger partial charge >= 0.3 is 5.97 Å². The van der Waals surface area contributed by atoms with Gasteiger partial charge in [0, 0.05) is 38.7 Å². The van der Waals surface area contributed by atoms with Gasteiger partial charge in [-0.2, -0.15) is 5.26 Å². The number of amides is 1. The van der Waals surface area contributed by atoms with E-state index in [1.165, 1.54) is 16.3 Å². The van der Waals surface area contributed by atoms with Crippen molar-refractivity contribution >= 4 is 52.1 Å². The van der Waals surface area contributed by atoms with E-state index in [2.05, 4.69) is 4.90 Å². The monoisotopic (exact) mass is 488 g/mol. The summed E-state index contributed by atoms with van der Waals surface area (Å²) in [5, 5.41) is 18.3. The molecule has 0 aromatic carbocycles. The molecule has 0 atom stereocenters. The first kappa shape index (κ1) is 25.0. The minimum absolute atomic E-state index is 0.0819. The van der Waals surface area contributed by atoms with Crippen molar-refractivity contribution < 1.29 is 14.7 Å². The molecule has 10 heteroatoms. The van der Waals surface area contributed by atoms with Gasteiger partial charge < -0.3 is 10.0 Å². The highest BCUT2D eigenvalue weighted by atomic mass is 32.2. The number of hydrogen-bond acceptors (Lipinski definition) is 7. The zero-order valence-corrected chi connectivity index (χ0v) is 20.6. The van der Waals surface area contributed by atoms with Crippen LogP contribution in [0.4, 0.5) is 5.82 Å². The molecule has 0 bridgehead atoms. The predicted octanol–water partition coefficient (Wildman–Crippen LogP) is 3.40. The zero-order valence-electron chi connectivity index (χ0n) is 18.9. The van der Waals surface area contributed by atoms with Gasteiger partial charge in [0.1, 0.15) is 21.8 Å². The van der Waals surface area contributed by atoms with Crippen LogP contribution in [-0.2, 0) is 16.6 Å². The van der Waals surface area contributed by atoms with Gasteiger partial charge in [0.15, 0.2) is 0 Å². The number of anilines is 1. The van der Waals surface area contributed by atoms with Crippen LogP contribution in [0.2, 0.25) is 0 Å². The normalized spacial score (nSPS) is 17.7. The second-order valence-corrected chi connectivity index (χ2v) is 9.97. The van der Waals surface area contributed by atoms with Gasteiger partial charge in [0.25, 0.3) is 11.5 Å². The molecular formula is C23H28N4O4S2. The molecule has 0 aliphatic carbocycles. The number of carbonyl (C=O) groups is 2. The van der Waals surface area contributed by atoms with Gasteiger partial charge in [-0.05, 0) is 50.7 Å². The Balaban J connectivity index is 1.92. The number of nitriles is 1. The van der Waals surface area contributed by atoms with Crippen LogP contribution in [0.1, 0.15) is 61.6 Å². The smallest absolute Gasteiger partial charge is 0.303 e. The highest BCUT2D eigenvalue weighted by molar-refractivity contribution is 8.26. The molecule has 2 aliphatic rings. The maximum absolute atomic E-state index is 13.1. The number of piperidine rings is 1. The summed E-state index contributed by atoms with van der Waals surface area (Å²) in [5.41, 5.74) is 1.03. The molecule has 1 N–H and O–H groups in total. The molecule has 1 aromatic rings. The maximum atomic E-state index is 13.1. The van der Waals surface area contributed by atoms with E-state index in [4.69, 9.17) is 17.3 Å². The van der Waals surface area contributed by atoms with E-state index in [1.807, 2.05) is 6.07 Å². The standard InChI is InChI=1S/C23H28N4O4S2/c1-15-16(20(26-10-6-4-7-11-26)25(2)21(30)17(15)14-24)13-18-22(31)27(23(32)33-18)12-8-3-5-9-19(28)29/h13H,3-12H2,1-2H3,(H,28,29)/b18-13+. The first-order valence-corrected chi connectivity index (χ1v) is 12.3. The van der Waals surface area contributed by atoms with E-state index in [0.29, 0.717) is 46.2 Å². The van der Waals surface area contributed by atoms with Crippen LogP contribution >= 0.6 is 24.0 Å². The highest BCUT2D eigenvalue weighted by Gasteiger charge is 2.33. The molecule has 176 valence electrons. The Labute approximate surface area is 202 Å². The predicted molar refractivity (Wildman–Crippen MR) is 133 cm³/mol. The average Bonchev–Trinajstić information content (AvgIpc) is 3.05. The van der Waals surface area contributed by atoms with Crippen molar-refractivity contribution in [2.45, 2.75) is 51.9 Å². The summed E-state index contributed by atoms with van der Waals surface area (Å²) in [4.78, 5) is 40.8. The Kier molecular flexibility index (Phi) is 8.32. The zero-order chi connectivity index (χ0) is 24.1.